The first kappa shape index (κ1) is 13.6. The Morgan fingerprint density at radius 1 is 1.47 bits per heavy atom. The topological polar surface area (TPSA) is 100 Å². The summed E-state index contributed by atoms with van der Waals surface area (Å²) >= 11 is 5.82. The number of nitrogens with zero attached hydrogens (tertiary/aromatic N) is 2. The molecule has 2 heterocycles. The second-order valence-corrected chi connectivity index (χ2v) is 4.49. The van der Waals surface area contributed by atoms with Gasteiger partial charge in [-0.3, -0.25) is 9.59 Å². The number of nitrogen functional groups attached to an aromatic ring is 1. The van der Waals surface area contributed by atoms with E-state index in [9.17, 15) is 9.59 Å². The number of rotatable bonds is 2. The number of anilines is 1. The summed E-state index contributed by atoms with van der Waals surface area (Å²) in [5.74, 6) is 5.33. The number of halogens is 1. The lowest BCUT2D eigenvalue weighted by atomic mass is 10.2. The van der Waals surface area contributed by atoms with Crippen LogP contribution in [0.4, 0.5) is 5.82 Å². The van der Waals surface area contributed by atoms with Crippen LogP contribution in [0.5, 0.6) is 0 Å². The smallest absolute Gasteiger partial charge is 0.254 e. The van der Waals surface area contributed by atoms with Crippen LogP contribution in [0.25, 0.3) is 0 Å². The van der Waals surface area contributed by atoms with Crippen LogP contribution in [0.1, 0.15) is 16.8 Å². The van der Waals surface area contributed by atoms with Gasteiger partial charge in [-0.15, -0.1) is 0 Å². The third-order valence-electron chi connectivity index (χ3n) is 2.79. The summed E-state index contributed by atoms with van der Waals surface area (Å²) in [5.41, 5.74) is 2.74. The van der Waals surface area contributed by atoms with Crippen molar-refractivity contribution in [2.24, 2.45) is 5.84 Å². The molecule has 2 rings (SSSR count). The molecule has 1 aliphatic heterocycles. The minimum atomic E-state index is -0.197. The summed E-state index contributed by atoms with van der Waals surface area (Å²) in [6.07, 6.45) is 0.298. The number of nitrogens with two attached hydrogens (primary N) is 1. The van der Waals surface area contributed by atoms with Gasteiger partial charge in [0.1, 0.15) is 11.0 Å². The Morgan fingerprint density at radius 2 is 2.26 bits per heavy atom. The Balaban J connectivity index is 2.18. The number of carbonyl (C=O) groups is 2. The van der Waals surface area contributed by atoms with E-state index in [-0.39, 0.29) is 17.0 Å². The fourth-order valence-electron chi connectivity index (χ4n) is 1.85. The SMILES string of the molecule is NNc1cc(C(=O)N2CCNC(=O)CC2)cc(Cl)n1. The molecular formula is C11H14ClN5O2. The molecule has 102 valence electrons. The minimum Gasteiger partial charge on any atom is -0.354 e. The van der Waals surface area contributed by atoms with Gasteiger partial charge >= 0.3 is 0 Å². The van der Waals surface area contributed by atoms with E-state index in [1.165, 1.54) is 12.1 Å². The largest absolute Gasteiger partial charge is 0.354 e. The Kier molecular flexibility index (Phi) is 4.18. The summed E-state index contributed by atoms with van der Waals surface area (Å²) in [4.78, 5) is 29.1. The highest BCUT2D eigenvalue weighted by Crippen LogP contribution is 2.16. The molecule has 1 aliphatic rings. The number of hydrazine groups is 1. The number of amides is 2. The monoisotopic (exact) mass is 283 g/mol. The number of pyridine rings is 1. The maximum atomic E-state index is 12.3. The Labute approximate surface area is 115 Å². The molecule has 4 N–H and O–H groups in total. The molecule has 0 aliphatic carbocycles. The summed E-state index contributed by atoms with van der Waals surface area (Å²) in [6, 6.07) is 3.00. The molecule has 1 fully saturated rings. The Morgan fingerprint density at radius 3 is 3.00 bits per heavy atom. The third kappa shape index (κ3) is 3.33. The fraction of sp³-hybridized carbons (Fsp3) is 0.364. The molecule has 19 heavy (non-hydrogen) atoms. The molecule has 0 radical (unpaired) electrons. The first-order valence-electron chi connectivity index (χ1n) is 5.80. The van der Waals surface area contributed by atoms with Gasteiger partial charge in [-0.25, -0.2) is 10.8 Å². The molecule has 0 aromatic carbocycles. The molecule has 1 saturated heterocycles. The maximum Gasteiger partial charge on any atom is 0.254 e. The van der Waals surface area contributed by atoms with Crippen molar-refractivity contribution in [3.8, 4) is 0 Å². The first-order chi connectivity index (χ1) is 9.10. The van der Waals surface area contributed by atoms with E-state index in [0.29, 0.717) is 37.4 Å². The molecule has 0 spiro atoms. The molecule has 1 aromatic rings. The van der Waals surface area contributed by atoms with Crippen LogP contribution in [0.15, 0.2) is 12.1 Å². The lowest BCUT2D eigenvalue weighted by molar-refractivity contribution is -0.120. The van der Waals surface area contributed by atoms with E-state index in [1.54, 1.807) is 4.90 Å². The van der Waals surface area contributed by atoms with E-state index in [1.807, 2.05) is 0 Å². The molecule has 0 bridgehead atoms. The van der Waals surface area contributed by atoms with E-state index >= 15 is 0 Å². The van der Waals surface area contributed by atoms with Crippen LogP contribution in [-0.2, 0) is 4.79 Å². The van der Waals surface area contributed by atoms with E-state index < -0.39 is 0 Å². The average molecular weight is 284 g/mol. The Hall–Kier alpha value is -1.86. The van der Waals surface area contributed by atoms with Crippen LogP contribution in [-0.4, -0.2) is 41.3 Å². The zero-order chi connectivity index (χ0) is 13.8. The zero-order valence-corrected chi connectivity index (χ0v) is 10.9. The summed E-state index contributed by atoms with van der Waals surface area (Å²) in [7, 11) is 0. The average Bonchev–Trinajstić information content (AvgIpc) is 2.62. The van der Waals surface area contributed by atoms with Gasteiger partial charge in [-0.2, -0.15) is 0 Å². The Bertz CT molecular complexity index is 508. The highest BCUT2D eigenvalue weighted by atomic mass is 35.5. The van der Waals surface area contributed by atoms with Gasteiger partial charge in [-0.1, -0.05) is 11.6 Å². The van der Waals surface area contributed by atoms with Crippen molar-refractivity contribution in [1.82, 2.24) is 15.2 Å². The second-order valence-electron chi connectivity index (χ2n) is 4.10. The zero-order valence-electron chi connectivity index (χ0n) is 10.1. The first-order valence-corrected chi connectivity index (χ1v) is 6.18. The predicted molar refractivity (Wildman–Crippen MR) is 70.6 cm³/mol. The number of hydrogen-bond donors (Lipinski definition) is 3. The van der Waals surface area contributed by atoms with Crippen molar-refractivity contribution >= 4 is 29.2 Å². The summed E-state index contributed by atoms with van der Waals surface area (Å²) in [6.45, 7) is 1.30. The normalized spacial score (nSPS) is 15.7. The number of carbonyl (C=O) groups excluding carboxylic acids is 2. The standard InChI is InChI=1S/C11H14ClN5O2/c12-8-5-7(6-9(15-8)16-13)11(19)17-3-1-10(18)14-2-4-17/h5-6H,1-4,13H2,(H,14,18)(H,15,16). The van der Waals surface area contributed by atoms with Crippen molar-refractivity contribution < 1.29 is 9.59 Å². The highest BCUT2D eigenvalue weighted by Gasteiger charge is 2.20. The highest BCUT2D eigenvalue weighted by molar-refractivity contribution is 6.29. The van der Waals surface area contributed by atoms with Gasteiger partial charge in [0, 0.05) is 31.6 Å². The molecule has 0 unspecified atom stereocenters. The third-order valence-corrected chi connectivity index (χ3v) is 2.98. The molecule has 2 amide bonds. The van der Waals surface area contributed by atoms with Crippen molar-refractivity contribution in [3.63, 3.8) is 0 Å². The molecule has 1 aromatic heterocycles. The van der Waals surface area contributed by atoms with Crippen LogP contribution in [0.2, 0.25) is 5.15 Å². The van der Waals surface area contributed by atoms with Gasteiger partial charge in [0.25, 0.3) is 5.91 Å². The minimum absolute atomic E-state index is 0.0487. The molecule has 0 saturated carbocycles. The molecule has 0 atom stereocenters. The predicted octanol–water partition coefficient (Wildman–Crippen LogP) is -0.0173. The second kappa shape index (κ2) is 5.85. The lowest BCUT2D eigenvalue weighted by Gasteiger charge is -2.19. The van der Waals surface area contributed by atoms with Crippen molar-refractivity contribution in [3.05, 3.63) is 22.8 Å². The van der Waals surface area contributed by atoms with Crippen LogP contribution in [0, 0.1) is 0 Å². The van der Waals surface area contributed by atoms with E-state index in [2.05, 4.69) is 15.7 Å². The van der Waals surface area contributed by atoms with Crippen molar-refractivity contribution in [2.45, 2.75) is 6.42 Å². The van der Waals surface area contributed by atoms with Gasteiger partial charge in [-0.05, 0) is 12.1 Å². The number of hydrogen-bond acceptors (Lipinski definition) is 5. The maximum absolute atomic E-state index is 12.3. The molecule has 8 heteroatoms. The number of nitrogens with one attached hydrogen (secondary N) is 2. The summed E-state index contributed by atoms with van der Waals surface area (Å²) < 4.78 is 0. The van der Waals surface area contributed by atoms with Gasteiger partial charge in [0.2, 0.25) is 5.91 Å². The lowest BCUT2D eigenvalue weighted by Crippen LogP contribution is -2.34. The van der Waals surface area contributed by atoms with Crippen molar-refractivity contribution in [1.29, 1.82) is 0 Å². The van der Waals surface area contributed by atoms with Crippen LogP contribution >= 0.6 is 11.6 Å². The molecule has 7 nitrogen and oxygen atoms in total. The van der Waals surface area contributed by atoms with Crippen molar-refractivity contribution in [2.75, 3.05) is 25.1 Å². The van der Waals surface area contributed by atoms with Gasteiger partial charge < -0.3 is 15.6 Å². The quantitative estimate of drug-likeness (QED) is 0.402. The van der Waals surface area contributed by atoms with Gasteiger partial charge in [0.15, 0.2) is 0 Å². The number of aromatic nitrogens is 1. The molecular weight excluding hydrogens is 270 g/mol. The summed E-state index contributed by atoms with van der Waals surface area (Å²) in [5, 5.41) is 2.89. The van der Waals surface area contributed by atoms with Crippen LogP contribution < -0.4 is 16.6 Å². The van der Waals surface area contributed by atoms with Crippen LogP contribution in [0.3, 0.4) is 0 Å². The van der Waals surface area contributed by atoms with E-state index in [0.717, 1.165) is 0 Å². The van der Waals surface area contributed by atoms with Gasteiger partial charge in [0.05, 0.1) is 0 Å². The van der Waals surface area contributed by atoms with E-state index in [4.69, 9.17) is 17.4 Å². The fourth-order valence-corrected chi connectivity index (χ4v) is 2.06.